The highest BCUT2D eigenvalue weighted by Crippen LogP contribution is 2.47. The largest absolute Gasteiger partial charge is 0.327 e. The van der Waals surface area contributed by atoms with Gasteiger partial charge < -0.3 is 5.32 Å². The van der Waals surface area contributed by atoms with Crippen molar-refractivity contribution in [2.45, 2.75) is 32.4 Å². The lowest BCUT2D eigenvalue weighted by Gasteiger charge is -2.31. The SMILES string of the molecule is CNCC[C@H](c1cc(F)cc(Cl)c1)N1c2ccccc2N(C(C)C)S1(=O)=O.Cl. The predicted molar refractivity (Wildman–Crippen MR) is 115 cm³/mol. The molecule has 3 rings (SSSR count). The molecule has 0 saturated carbocycles. The molecule has 1 aliphatic rings. The van der Waals surface area contributed by atoms with E-state index in [-0.39, 0.29) is 23.5 Å². The second-order valence-corrected chi connectivity index (χ2v) is 8.91. The third kappa shape index (κ3) is 4.08. The summed E-state index contributed by atoms with van der Waals surface area (Å²) >= 11 is 6.05. The van der Waals surface area contributed by atoms with Gasteiger partial charge in [0.05, 0.1) is 17.4 Å². The van der Waals surface area contributed by atoms with Crippen LogP contribution in [0.2, 0.25) is 5.02 Å². The molecule has 1 heterocycles. The standard InChI is InChI=1S/C19H23ClFN3O2S.ClH/c1-13(2)23-18-6-4-5-7-19(18)24(27(23,25)26)17(8-9-22-3)14-10-15(20)12-16(21)11-14;/h4-7,10-13,17,22H,8-9H2,1-3H3;1H/t17-;/m1./s1. The summed E-state index contributed by atoms with van der Waals surface area (Å²) in [4.78, 5) is 0. The number of halogens is 3. The number of hydrogen-bond acceptors (Lipinski definition) is 3. The predicted octanol–water partition coefficient (Wildman–Crippen LogP) is 4.53. The van der Waals surface area contributed by atoms with Crippen molar-refractivity contribution in [2.75, 3.05) is 22.2 Å². The van der Waals surface area contributed by atoms with Crippen molar-refractivity contribution in [1.82, 2.24) is 5.32 Å². The van der Waals surface area contributed by atoms with Crippen LogP contribution < -0.4 is 13.9 Å². The number of para-hydroxylation sites is 2. The molecule has 0 radical (unpaired) electrons. The first kappa shape index (κ1) is 22.7. The second-order valence-electron chi connectivity index (χ2n) is 6.79. The molecule has 28 heavy (non-hydrogen) atoms. The van der Waals surface area contributed by atoms with Gasteiger partial charge in [-0.2, -0.15) is 8.42 Å². The lowest BCUT2D eigenvalue weighted by molar-refractivity contribution is 0.555. The summed E-state index contributed by atoms with van der Waals surface area (Å²) in [5.74, 6) is -0.488. The van der Waals surface area contributed by atoms with Gasteiger partial charge in [0.2, 0.25) is 0 Å². The van der Waals surface area contributed by atoms with Crippen LogP contribution in [0.25, 0.3) is 0 Å². The molecule has 154 valence electrons. The van der Waals surface area contributed by atoms with E-state index >= 15 is 0 Å². The van der Waals surface area contributed by atoms with Gasteiger partial charge >= 0.3 is 10.2 Å². The van der Waals surface area contributed by atoms with E-state index in [4.69, 9.17) is 11.6 Å². The zero-order chi connectivity index (χ0) is 19.8. The van der Waals surface area contributed by atoms with Gasteiger partial charge in [0.1, 0.15) is 5.82 Å². The molecule has 0 saturated heterocycles. The second kappa shape index (κ2) is 8.86. The van der Waals surface area contributed by atoms with Gasteiger partial charge in [0.25, 0.3) is 0 Å². The fourth-order valence-electron chi connectivity index (χ4n) is 3.52. The molecule has 0 aliphatic carbocycles. The first-order valence-electron chi connectivity index (χ1n) is 8.80. The maximum atomic E-state index is 14.0. The Balaban J connectivity index is 0.00000280. The Morgan fingerprint density at radius 1 is 1.11 bits per heavy atom. The molecule has 2 aromatic rings. The zero-order valence-corrected chi connectivity index (χ0v) is 18.3. The minimum absolute atomic E-state index is 0. The van der Waals surface area contributed by atoms with Crippen molar-refractivity contribution in [3.05, 3.63) is 58.9 Å². The van der Waals surface area contributed by atoms with Crippen LogP contribution in [-0.2, 0) is 10.2 Å². The number of fused-ring (bicyclic) bond motifs is 1. The molecular formula is C19H24Cl2FN3O2S. The van der Waals surface area contributed by atoms with Gasteiger partial charge in [-0.15, -0.1) is 12.4 Å². The highest BCUT2D eigenvalue weighted by atomic mass is 35.5. The van der Waals surface area contributed by atoms with Crippen LogP contribution in [-0.4, -0.2) is 28.1 Å². The minimum Gasteiger partial charge on any atom is -0.320 e. The lowest BCUT2D eigenvalue weighted by atomic mass is 10.0. The number of hydrogen-bond donors (Lipinski definition) is 1. The average molecular weight is 448 g/mol. The van der Waals surface area contributed by atoms with Crippen LogP contribution in [0.5, 0.6) is 0 Å². The molecule has 9 heteroatoms. The molecular weight excluding hydrogens is 424 g/mol. The number of anilines is 2. The molecule has 1 atom stereocenters. The first-order chi connectivity index (χ1) is 12.8. The van der Waals surface area contributed by atoms with E-state index in [1.807, 2.05) is 19.9 Å². The topological polar surface area (TPSA) is 52.6 Å². The van der Waals surface area contributed by atoms with Crippen LogP contribution in [0.15, 0.2) is 42.5 Å². The molecule has 0 amide bonds. The van der Waals surface area contributed by atoms with Crippen molar-refractivity contribution in [3.63, 3.8) is 0 Å². The van der Waals surface area contributed by atoms with Crippen LogP contribution in [0.1, 0.15) is 31.9 Å². The maximum absolute atomic E-state index is 14.0. The summed E-state index contributed by atoms with van der Waals surface area (Å²) in [6, 6.07) is 10.6. The fourth-order valence-corrected chi connectivity index (χ4v) is 5.83. The van der Waals surface area contributed by atoms with Gasteiger partial charge in [0.15, 0.2) is 0 Å². The summed E-state index contributed by atoms with van der Waals surface area (Å²) < 4.78 is 43.7. The van der Waals surface area contributed by atoms with Gasteiger partial charge in [-0.05, 0) is 69.8 Å². The van der Waals surface area contributed by atoms with Crippen LogP contribution in [0.4, 0.5) is 15.8 Å². The Morgan fingerprint density at radius 2 is 1.71 bits per heavy atom. The number of rotatable bonds is 6. The average Bonchev–Trinajstić information content (AvgIpc) is 2.81. The van der Waals surface area contributed by atoms with Crippen molar-refractivity contribution < 1.29 is 12.8 Å². The van der Waals surface area contributed by atoms with Gasteiger partial charge in [-0.1, -0.05) is 23.7 Å². The van der Waals surface area contributed by atoms with E-state index in [9.17, 15) is 12.8 Å². The smallest absolute Gasteiger partial charge is 0.320 e. The van der Waals surface area contributed by atoms with E-state index in [1.54, 1.807) is 31.3 Å². The Bertz CT molecular complexity index is 920. The maximum Gasteiger partial charge on any atom is 0.327 e. The van der Waals surface area contributed by atoms with E-state index in [0.29, 0.717) is 29.9 Å². The van der Waals surface area contributed by atoms with Crippen molar-refractivity contribution >= 4 is 45.6 Å². The quantitative estimate of drug-likeness (QED) is 0.707. The number of benzene rings is 2. The van der Waals surface area contributed by atoms with Gasteiger partial charge in [-0.3, -0.25) is 0 Å². The Morgan fingerprint density at radius 3 is 2.25 bits per heavy atom. The molecule has 1 N–H and O–H groups in total. The normalized spacial score (nSPS) is 16.1. The monoisotopic (exact) mass is 447 g/mol. The van der Waals surface area contributed by atoms with E-state index in [1.165, 1.54) is 20.7 Å². The third-order valence-electron chi connectivity index (χ3n) is 4.54. The molecule has 2 aromatic carbocycles. The van der Waals surface area contributed by atoms with Gasteiger partial charge in [-0.25, -0.2) is 13.0 Å². The van der Waals surface area contributed by atoms with Crippen LogP contribution in [0.3, 0.4) is 0 Å². The summed E-state index contributed by atoms with van der Waals surface area (Å²) in [5, 5.41) is 3.28. The van der Waals surface area contributed by atoms with Crippen LogP contribution in [0, 0.1) is 5.82 Å². The van der Waals surface area contributed by atoms with Gasteiger partial charge in [0, 0.05) is 11.1 Å². The Labute approximate surface area is 177 Å². The molecule has 0 aromatic heterocycles. The molecule has 1 aliphatic heterocycles. The summed E-state index contributed by atoms with van der Waals surface area (Å²) in [7, 11) is -2.02. The third-order valence-corrected chi connectivity index (χ3v) is 6.83. The highest BCUT2D eigenvalue weighted by Gasteiger charge is 2.45. The van der Waals surface area contributed by atoms with E-state index < -0.39 is 22.1 Å². The summed E-state index contributed by atoms with van der Waals surface area (Å²) in [5.41, 5.74) is 1.75. The zero-order valence-electron chi connectivity index (χ0n) is 15.9. The first-order valence-corrected chi connectivity index (χ1v) is 10.6. The molecule has 0 bridgehead atoms. The number of nitrogens with zero attached hydrogens (tertiary/aromatic N) is 2. The Hall–Kier alpha value is -1.54. The minimum atomic E-state index is -3.82. The number of nitrogens with one attached hydrogen (secondary N) is 1. The van der Waals surface area contributed by atoms with E-state index in [0.717, 1.165) is 0 Å². The van der Waals surface area contributed by atoms with Crippen LogP contribution >= 0.6 is 24.0 Å². The molecule has 0 spiro atoms. The molecule has 5 nitrogen and oxygen atoms in total. The summed E-state index contributed by atoms with van der Waals surface area (Å²) in [6.45, 7) is 4.23. The van der Waals surface area contributed by atoms with Crippen molar-refractivity contribution in [3.8, 4) is 0 Å². The van der Waals surface area contributed by atoms with Crippen molar-refractivity contribution in [1.29, 1.82) is 0 Å². The fraction of sp³-hybridized carbons (Fsp3) is 0.368. The van der Waals surface area contributed by atoms with Crippen molar-refractivity contribution in [2.24, 2.45) is 0 Å². The summed E-state index contributed by atoms with van der Waals surface area (Å²) in [6.07, 6.45) is 0.468. The highest BCUT2D eigenvalue weighted by molar-refractivity contribution is 7.94. The van der Waals surface area contributed by atoms with E-state index in [2.05, 4.69) is 5.32 Å². The lowest BCUT2D eigenvalue weighted by Crippen LogP contribution is -2.43. The molecule has 0 fully saturated rings. The molecule has 0 unspecified atom stereocenters. The Kier molecular flexibility index (Phi) is 7.20.